The molecule has 16 heavy (non-hydrogen) atoms. The minimum Gasteiger partial charge on any atom is -0.480 e. The van der Waals surface area contributed by atoms with Crippen molar-refractivity contribution in [3.05, 3.63) is 24.0 Å². The molecule has 0 bridgehead atoms. The summed E-state index contributed by atoms with van der Waals surface area (Å²) in [5.74, 6) is -1.10. The minimum absolute atomic E-state index is 0.189. The van der Waals surface area contributed by atoms with Gasteiger partial charge >= 0.3 is 5.97 Å². The van der Waals surface area contributed by atoms with Crippen LogP contribution < -0.4 is 0 Å². The molecule has 0 radical (unpaired) electrons. The average Bonchev–Trinajstić information content (AvgIpc) is 2.84. The number of aromatic nitrogens is 1. The summed E-state index contributed by atoms with van der Waals surface area (Å²) in [7, 11) is 1.83. The third kappa shape index (κ3) is 1.80. The van der Waals surface area contributed by atoms with Gasteiger partial charge in [0.25, 0.3) is 5.91 Å². The summed E-state index contributed by atoms with van der Waals surface area (Å²) in [6.45, 7) is 0.532. The molecule has 1 saturated heterocycles. The normalized spacial score (nSPS) is 20.1. The van der Waals surface area contributed by atoms with E-state index < -0.39 is 12.0 Å². The largest absolute Gasteiger partial charge is 0.480 e. The lowest BCUT2D eigenvalue weighted by Crippen LogP contribution is -2.40. The fraction of sp³-hybridized carbons (Fsp3) is 0.455. The number of likely N-dealkylation sites (tertiary alicyclic amines) is 1. The van der Waals surface area contributed by atoms with Crippen molar-refractivity contribution < 1.29 is 14.7 Å². The van der Waals surface area contributed by atoms with E-state index in [-0.39, 0.29) is 5.91 Å². The summed E-state index contributed by atoms with van der Waals surface area (Å²) < 4.78 is 1.78. The van der Waals surface area contributed by atoms with E-state index in [0.29, 0.717) is 18.5 Å². The Hall–Kier alpha value is -1.78. The fourth-order valence-electron chi connectivity index (χ4n) is 2.06. The molecular weight excluding hydrogens is 208 g/mol. The van der Waals surface area contributed by atoms with Gasteiger partial charge in [-0.15, -0.1) is 0 Å². The highest BCUT2D eigenvalue weighted by Crippen LogP contribution is 2.20. The molecule has 1 N–H and O–H groups in total. The first-order valence-electron chi connectivity index (χ1n) is 5.25. The Kier molecular flexibility index (Phi) is 2.68. The molecule has 2 heterocycles. The molecule has 2 rings (SSSR count). The first-order chi connectivity index (χ1) is 7.59. The molecule has 86 valence electrons. The molecule has 0 unspecified atom stereocenters. The number of carbonyl (C=O) groups excluding carboxylic acids is 1. The van der Waals surface area contributed by atoms with E-state index in [1.165, 1.54) is 4.90 Å². The predicted octanol–water partition coefficient (Wildman–Crippen LogP) is 0.714. The maximum atomic E-state index is 12.0. The number of amides is 1. The molecular formula is C11H14N2O3. The summed E-state index contributed by atoms with van der Waals surface area (Å²) in [4.78, 5) is 24.4. The number of aliphatic carboxylic acids is 1. The quantitative estimate of drug-likeness (QED) is 0.801. The Morgan fingerprint density at radius 2 is 2.25 bits per heavy atom. The number of rotatable bonds is 2. The minimum atomic E-state index is -0.915. The average molecular weight is 222 g/mol. The van der Waals surface area contributed by atoms with Gasteiger partial charge in [0.2, 0.25) is 0 Å². The summed E-state index contributed by atoms with van der Waals surface area (Å²) in [5.41, 5.74) is 0.552. The zero-order valence-electron chi connectivity index (χ0n) is 9.09. The van der Waals surface area contributed by atoms with Crippen molar-refractivity contribution in [2.75, 3.05) is 6.54 Å². The van der Waals surface area contributed by atoms with Crippen LogP contribution in [0.4, 0.5) is 0 Å². The number of aryl methyl sites for hydroxylation is 1. The van der Waals surface area contributed by atoms with Gasteiger partial charge in [-0.3, -0.25) is 4.79 Å². The number of carboxylic acids is 1. The van der Waals surface area contributed by atoms with E-state index in [4.69, 9.17) is 5.11 Å². The Labute approximate surface area is 93.3 Å². The molecule has 1 aromatic rings. The Balaban J connectivity index is 2.18. The lowest BCUT2D eigenvalue weighted by Gasteiger charge is -2.20. The molecule has 1 amide bonds. The summed E-state index contributed by atoms with van der Waals surface area (Å²) in [6.07, 6.45) is 4.79. The third-order valence-electron chi connectivity index (χ3n) is 2.88. The zero-order chi connectivity index (χ0) is 11.7. The van der Waals surface area contributed by atoms with Crippen LogP contribution in [0.1, 0.15) is 23.2 Å². The second-order valence-corrected chi connectivity index (χ2v) is 4.06. The Morgan fingerprint density at radius 3 is 2.81 bits per heavy atom. The second kappa shape index (κ2) is 4.00. The highest BCUT2D eigenvalue weighted by atomic mass is 16.4. The van der Waals surface area contributed by atoms with Gasteiger partial charge in [-0.25, -0.2) is 4.79 Å². The molecule has 1 aromatic heterocycles. The van der Waals surface area contributed by atoms with E-state index in [0.717, 1.165) is 6.42 Å². The van der Waals surface area contributed by atoms with Gasteiger partial charge in [-0.2, -0.15) is 0 Å². The van der Waals surface area contributed by atoms with Crippen molar-refractivity contribution in [2.45, 2.75) is 18.9 Å². The van der Waals surface area contributed by atoms with Crippen LogP contribution in [0.3, 0.4) is 0 Å². The molecule has 1 fully saturated rings. The highest BCUT2D eigenvalue weighted by Gasteiger charge is 2.34. The maximum Gasteiger partial charge on any atom is 0.326 e. The molecule has 5 heteroatoms. The van der Waals surface area contributed by atoms with Gasteiger partial charge in [-0.1, -0.05) is 0 Å². The highest BCUT2D eigenvalue weighted by molar-refractivity contribution is 5.96. The van der Waals surface area contributed by atoms with Gasteiger partial charge in [-0.05, 0) is 18.9 Å². The lowest BCUT2D eigenvalue weighted by molar-refractivity contribution is -0.141. The van der Waals surface area contributed by atoms with Crippen LogP contribution in [0.25, 0.3) is 0 Å². The smallest absolute Gasteiger partial charge is 0.326 e. The first kappa shape index (κ1) is 10.7. The van der Waals surface area contributed by atoms with E-state index in [1.54, 1.807) is 23.0 Å². The van der Waals surface area contributed by atoms with Crippen LogP contribution in [0.5, 0.6) is 0 Å². The van der Waals surface area contributed by atoms with Gasteiger partial charge in [0.1, 0.15) is 6.04 Å². The molecule has 0 aromatic carbocycles. The van der Waals surface area contributed by atoms with Crippen LogP contribution in [0.15, 0.2) is 18.5 Å². The van der Waals surface area contributed by atoms with Crippen molar-refractivity contribution in [3.63, 3.8) is 0 Å². The zero-order valence-corrected chi connectivity index (χ0v) is 9.09. The molecule has 0 saturated carbocycles. The molecule has 5 nitrogen and oxygen atoms in total. The number of carboxylic acid groups (broad SMARTS) is 1. The van der Waals surface area contributed by atoms with Crippen molar-refractivity contribution in [2.24, 2.45) is 7.05 Å². The van der Waals surface area contributed by atoms with Crippen molar-refractivity contribution in [1.29, 1.82) is 0 Å². The van der Waals surface area contributed by atoms with Crippen molar-refractivity contribution in [1.82, 2.24) is 9.47 Å². The number of carbonyl (C=O) groups is 2. The Bertz CT molecular complexity index is 425. The predicted molar refractivity (Wildman–Crippen MR) is 57.1 cm³/mol. The summed E-state index contributed by atoms with van der Waals surface area (Å²) in [5, 5.41) is 8.99. The van der Waals surface area contributed by atoms with E-state index in [1.807, 2.05) is 7.05 Å². The van der Waals surface area contributed by atoms with Crippen LogP contribution >= 0.6 is 0 Å². The van der Waals surface area contributed by atoms with Crippen LogP contribution in [0, 0.1) is 0 Å². The van der Waals surface area contributed by atoms with Gasteiger partial charge < -0.3 is 14.6 Å². The van der Waals surface area contributed by atoms with Crippen molar-refractivity contribution in [3.8, 4) is 0 Å². The molecule has 1 aliphatic rings. The molecule has 1 aliphatic heterocycles. The van der Waals surface area contributed by atoms with E-state index >= 15 is 0 Å². The molecule has 1 atom stereocenters. The van der Waals surface area contributed by atoms with Crippen LogP contribution in [-0.2, 0) is 11.8 Å². The molecule has 0 aliphatic carbocycles. The van der Waals surface area contributed by atoms with Gasteiger partial charge in [0, 0.05) is 26.0 Å². The fourth-order valence-corrected chi connectivity index (χ4v) is 2.06. The standard InChI is InChI=1S/C11H14N2O3/c1-12-6-4-8(7-12)10(14)13-5-2-3-9(13)11(15)16/h4,6-7,9H,2-3,5H2,1H3,(H,15,16)/t9-/m0/s1. The summed E-state index contributed by atoms with van der Waals surface area (Å²) >= 11 is 0. The lowest BCUT2D eigenvalue weighted by atomic mass is 10.2. The van der Waals surface area contributed by atoms with Crippen molar-refractivity contribution >= 4 is 11.9 Å². The monoisotopic (exact) mass is 222 g/mol. The van der Waals surface area contributed by atoms with Gasteiger partial charge in [0.15, 0.2) is 0 Å². The number of hydrogen-bond acceptors (Lipinski definition) is 2. The van der Waals surface area contributed by atoms with E-state index in [2.05, 4.69) is 0 Å². The third-order valence-corrected chi connectivity index (χ3v) is 2.88. The molecule has 0 spiro atoms. The second-order valence-electron chi connectivity index (χ2n) is 4.06. The maximum absolute atomic E-state index is 12.0. The van der Waals surface area contributed by atoms with Gasteiger partial charge in [0.05, 0.1) is 5.56 Å². The number of hydrogen-bond donors (Lipinski definition) is 1. The van der Waals surface area contributed by atoms with Crippen LogP contribution in [-0.4, -0.2) is 39.0 Å². The number of nitrogens with zero attached hydrogens (tertiary/aromatic N) is 2. The SMILES string of the molecule is Cn1ccc(C(=O)N2CCC[C@H]2C(=O)O)c1. The van der Waals surface area contributed by atoms with E-state index in [9.17, 15) is 9.59 Å². The van der Waals surface area contributed by atoms with Crippen LogP contribution in [0.2, 0.25) is 0 Å². The Morgan fingerprint density at radius 1 is 1.50 bits per heavy atom. The summed E-state index contributed by atoms with van der Waals surface area (Å²) in [6, 6.07) is 1.05. The topological polar surface area (TPSA) is 62.5 Å². The first-order valence-corrected chi connectivity index (χ1v) is 5.25.